The molecular formula is C22H25N3O2. The quantitative estimate of drug-likeness (QED) is 0.885. The molecule has 3 aliphatic rings. The highest BCUT2D eigenvalue weighted by atomic mass is 16.5. The zero-order chi connectivity index (χ0) is 18.4. The first-order valence-corrected chi connectivity index (χ1v) is 9.57. The van der Waals surface area contributed by atoms with Gasteiger partial charge in [0.25, 0.3) is 0 Å². The molecule has 5 rings (SSSR count). The van der Waals surface area contributed by atoms with Crippen LogP contribution in [0.1, 0.15) is 30.0 Å². The van der Waals surface area contributed by atoms with Gasteiger partial charge < -0.3 is 19.8 Å². The maximum absolute atomic E-state index is 6.63. The van der Waals surface area contributed by atoms with Crippen molar-refractivity contribution in [2.75, 3.05) is 27.2 Å². The second-order valence-corrected chi connectivity index (χ2v) is 7.62. The molecule has 0 saturated carbocycles. The van der Waals surface area contributed by atoms with Gasteiger partial charge in [0.1, 0.15) is 11.5 Å². The van der Waals surface area contributed by atoms with Gasteiger partial charge in [-0.25, -0.2) is 0 Å². The van der Waals surface area contributed by atoms with Gasteiger partial charge in [0, 0.05) is 31.5 Å². The van der Waals surface area contributed by atoms with E-state index in [2.05, 4.69) is 64.9 Å². The van der Waals surface area contributed by atoms with Gasteiger partial charge in [-0.15, -0.1) is 0 Å². The van der Waals surface area contributed by atoms with E-state index in [1.54, 1.807) is 7.11 Å². The van der Waals surface area contributed by atoms with Gasteiger partial charge in [-0.05, 0) is 49.0 Å². The Hall–Kier alpha value is -2.50. The highest BCUT2D eigenvalue weighted by molar-refractivity contribution is 5.68. The fourth-order valence-corrected chi connectivity index (χ4v) is 4.37. The number of piperidine rings is 1. The molecule has 1 fully saturated rings. The van der Waals surface area contributed by atoms with Gasteiger partial charge in [0.2, 0.25) is 0 Å². The first-order valence-electron chi connectivity index (χ1n) is 9.57. The van der Waals surface area contributed by atoms with Crippen LogP contribution in [0.5, 0.6) is 11.5 Å². The number of benzene rings is 2. The zero-order valence-electron chi connectivity index (χ0n) is 15.8. The van der Waals surface area contributed by atoms with Crippen LogP contribution in [0, 0.1) is 0 Å². The van der Waals surface area contributed by atoms with Crippen molar-refractivity contribution in [1.82, 2.24) is 15.3 Å². The van der Waals surface area contributed by atoms with Crippen molar-refractivity contribution in [2.24, 2.45) is 0 Å². The summed E-state index contributed by atoms with van der Waals surface area (Å²) >= 11 is 0. The number of para-hydroxylation sites is 1. The topological polar surface area (TPSA) is 37.0 Å². The molecular weight excluding hydrogens is 338 g/mol. The molecule has 27 heavy (non-hydrogen) atoms. The summed E-state index contributed by atoms with van der Waals surface area (Å²) in [5, 5.41) is 2.34. The molecule has 1 saturated heterocycles. The molecule has 0 aromatic heterocycles. The largest absolute Gasteiger partial charge is 0.497 e. The van der Waals surface area contributed by atoms with Crippen LogP contribution < -0.4 is 14.9 Å². The number of rotatable bonds is 2. The van der Waals surface area contributed by atoms with Crippen LogP contribution in [0.2, 0.25) is 0 Å². The maximum atomic E-state index is 6.63. The summed E-state index contributed by atoms with van der Waals surface area (Å²) in [4.78, 5) is 2.37. The third-order valence-electron chi connectivity index (χ3n) is 5.99. The Balaban J connectivity index is 1.54. The minimum absolute atomic E-state index is 0.176. The molecule has 1 N–H and O–H groups in total. The molecule has 2 aromatic carbocycles. The molecule has 3 aliphatic heterocycles. The van der Waals surface area contributed by atoms with Gasteiger partial charge in [-0.2, -0.15) is 5.01 Å². The molecule has 0 bridgehead atoms. The second kappa shape index (κ2) is 6.29. The molecule has 3 heterocycles. The third kappa shape index (κ3) is 2.69. The van der Waals surface area contributed by atoms with Gasteiger partial charge >= 0.3 is 0 Å². The van der Waals surface area contributed by atoms with Crippen LogP contribution in [0.4, 0.5) is 0 Å². The van der Waals surface area contributed by atoms with Crippen LogP contribution in [0.3, 0.4) is 0 Å². The first-order chi connectivity index (χ1) is 13.2. The predicted octanol–water partition coefficient (Wildman–Crippen LogP) is 3.41. The Bertz CT molecular complexity index is 869. The molecule has 0 amide bonds. The van der Waals surface area contributed by atoms with Gasteiger partial charge in [0.15, 0.2) is 5.72 Å². The van der Waals surface area contributed by atoms with E-state index < -0.39 is 0 Å². The van der Waals surface area contributed by atoms with E-state index in [1.807, 2.05) is 12.1 Å². The molecule has 5 nitrogen and oxygen atoms in total. The Kier molecular flexibility index (Phi) is 3.88. The van der Waals surface area contributed by atoms with Crippen LogP contribution in [0.15, 0.2) is 54.6 Å². The highest BCUT2D eigenvalue weighted by Crippen LogP contribution is 2.48. The van der Waals surface area contributed by atoms with Crippen LogP contribution in [0.25, 0.3) is 5.70 Å². The SMILES string of the molecule is COc1ccc(C2=CC3c4ccccc4OC4(CCN(C)CC4)N3N2)cc1. The van der Waals surface area contributed by atoms with Crippen molar-refractivity contribution in [1.29, 1.82) is 0 Å². The predicted molar refractivity (Wildman–Crippen MR) is 105 cm³/mol. The number of hydrazine groups is 1. The summed E-state index contributed by atoms with van der Waals surface area (Å²) in [6, 6.07) is 16.8. The lowest BCUT2D eigenvalue weighted by Crippen LogP contribution is -2.63. The van der Waals surface area contributed by atoms with E-state index >= 15 is 0 Å². The lowest BCUT2D eigenvalue weighted by atomic mass is 9.93. The Morgan fingerprint density at radius 2 is 1.81 bits per heavy atom. The van der Waals surface area contributed by atoms with Crippen molar-refractivity contribution in [3.05, 3.63) is 65.7 Å². The summed E-state index contributed by atoms with van der Waals surface area (Å²) in [6.45, 7) is 2.07. The molecule has 140 valence electrons. The van der Waals surface area contributed by atoms with Crippen molar-refractivity contribution >= 4 is 5.70 Å². The molecule has 0 radical (unpaired) electrons. The molecule has 0 aliphatic carbocycles. The molecule has 1 spiro atoms. The van der Waals surface area contributed by atoms with Crippen molar-refractivity contribution in [3.63, 3.8) is 0 Å². The van der Waals surface area contributed by atoms with Crippen LogP contribution in [-0.4, -0.2) is 42.9 Å². The molecule has 2 aromatic rings. The standard InChI is InChI=1S/C22H25N3O2/c1-24-13-11-22(12-14-24)25-20(18-5-3-4-6-21(18)27-22)15-19(23-25)16-7-9-17(26-2)10-8-16/h3-10,15,20,23H,11-14H2,1-2H3. The minimum atomic E-state index is -0.309. The lowest BCUT2D eigenvalue weighted by Gasteiger charge is -2.51. The average Bonchev–Trinajstić information content (AvgIpc) is 3.17. The van der Waals surface area contributed by atoms with E-state index in [0.29, 0.717) is 0 Å². The average molecular weight is 363 g/mol. The smallest absolute Gasteiger partial charge is 0.182 e. The normalized spacial score (nSPS) is 23.8. The van der Waals surface area contributed by atoms with Gasteiger partial charge in [-0.3, -0.25) is 0 Å². The summed E-state index contributed by atoms with van der Waals surface area (Å²) < 4.78 is 11.9. The van der Waals surface area contributed by atoms with E-state index in [4.69, 9.17) is 9.47 Å². The summed E-state index contributed by atoms with van der Waals surface area (Å²) in [7, 11) is 3.88. The number of nitrogens with one attached hydrogen (secondary N) is 1. The summed E-state index contributed by atoms with van der Waals surface area (Å²) in [5.41, 5.74) is 6.87. The summed E-state index contributed by atoms with van der Waals surface area (Å²) in [5.74, 6) is 1.88. The molecule has 1 atom stereocenters. The third-order valence-corrected chi connectivity index (χ3v) is 5.99. The number of nitrogens with zero attached hydrogens (tertiary/aromatic N) is 2. The van der Waals surface area contributed by atoms with Crippen molar-refractivity contribution in [3.8, 4) is 11.5 Å². The van der Waals surface area contributed by atoms with Crippen molar-refractivity contribution in [2.45, 2.75) is 24.6 Å². The van der Waals surface area contributed by atoms with E-state index in [9.17, 15) is 0 Å². The van der Waals surface area contributed by atoms with Crippen LogP contribution in [-0.2, 0) is 0 Å². The van der Waals surface area contributed by atoms with Crippen molar-refractivity contribution < 1.29 is 9.47 Å². The van der Waals surface area contributed by atoms with Crippen LogP contribution >= 0.6 is 0 Å². The number of fused-ring (bicyclic) bond motifs is 4. The lowest BCUT2D eigenvalue weighted by molar-refractivity contribution is -0.157. The number of likely N-dealkylation sites (tertiary alicyclic amines) is 1. The maximum Gasteiger partial charge on any atom is 0.182 e. The molecule has 1 unspecified atom stereocenters. The Morgan fingerprint density at radius 3 is 2.56 bits per heavy atom. The Labute approximate surface area is 160 Å². The van der Waals surface area contributed by atoms with Gasteiger partial charge in [0.05, 0.1) is 18.8 Å². The minimum Gasteiger partial charge on any atom is -0.497 e. The van der Waals surface area contributed by atoms with E-state index in [0.717, 1.165) is 48.7 Å². The zero-order valence-corrected chi connectivity index (χ0v) is 15.8. The Morgan fingerprint density at radius 1 is 1.07 bits per heavy atom. The molecule has 5 heteroatoms. The number of methoxy groups -OCH3 is 1. The number of hydrogen-bond donors (Lipinski definition) is 1. The first kappa shape index (κ1) is 16.7. The van der Waals surface area contributed by atoms with Gasteiger partial charge in [-0.1, -0.05) is 18.2 Å². The second-order valence-electron chi connectivity index (χ2n) is 7.62. The fraction of sp³-hybridized carbons (Fsp3) is 0.364. The van der Waals surface area contributed by atoms with E-state index in [-0.39, 0.29) is 11.8 Å². The fourth-order valence-electron chi connectivity index (χ4n) is 4.37. The number of ether oxygens (including phenoxy) is 2. The monoisotopic (exact) mass is 363 g/mol. The summed E-state index contributed by atoms with van der Waals surface area (Å²) in [6.07, 6.45) is 4.28. The van der Waals surface area contributed by atoms with E-state index in [1.165, 1.54) is 5.56 Å². The highest BCUT2D eigenvalue weighted by Gasteiger charge is 2.51. The number of hydrogen-bond acceptors (Lipinski definition) is 5.